The van der Waals surface area contributed by atoms with Crippen molar-refractivity contribution in [3.8, 4) is 0 Å². The first-order chi connectivity index (χ1) is 9.10. The molecule has 1 fully saturated rings. The molecule has 0 saturated heterocycles. The standard InChI is InChI=1S/C15H33N3O/c1-5-10-18(12-11-17(2)3)15(13-16)9-7-6-8-14(15)19-4/h14H,5-13,16H2,1-4H3. The van der Waals surface area contributed by atoms with E-state index < -0.39 is 0 Å². The largest absolute Gasteiger partial charge is 0.379 e. The Morgan fingerprint density at radius 3 is 2.47 bits per heavy atom. The quantitative estimate of drug-likeness (QED) is 0.727. The van der Waals surface area contributed by atoms with Crippen molar-refractivity contribution in [2.75, 3.05) is 47.4 Å². The Hall–Kier alpha value is -0.160. The fourth-order valence-corrected chi connectivity index (χ4v) is 3.40. The maximum Gasteiger partial charge on any atom is 0.0767 e. The van der Waals surface area contributed by atoms with Crippen LogP contribution >= 0.6 is 0 Å². The highest BCUT2D eigenvalue weighted by molar-refractivity contribution is 5.01. The zero-order chi connectivity index (χ0) is 14.3. The highest BCUT2D eigenvalue weighted by Crippen LogP contribution is 2.35. The maximum atomic E-state index is 6.21. The Morgan fingerprint density at radius 2 is 1.95 bits per heavy atom. The van der Waals surface area contributed by atoms with Crippen molar-refractivity contribution >= 4 is 0 Å². The lowest BCUT2D eigenvalue weighted by Crippen LogP contribution is -2.64. The summed E-state index contributed by atoms with van der Waals surface area (Å²) in [6, 6.07) is 0. The van der Waals surface area contributed by atoms with Crippen LogP contribution in [0.1, 0.15) is 39.0 Å². The van der Waals surface area contributed by atoms with Gasteiger partial charge in [-0.2, -0.15) is 0 Å². The van der Waals surface area contributed by atoms with Crippen LogP contribution in [-0.2, 0) is 4.74 Å². The topological polar surface area (TPSA) is 41.7 Å². The third kappa shape index (κ3) is 4.15. The van der Waals surface area contributed by atoms with Crippen molar-refractivity contribution < 1.29 is 4.74 Å². The van der Waals surface area contributed by atoms with Crippen molar-refractivity contribution in [1.82, 2.24) is 9.80 Å². The lowest BCUT2D eigenvalue weighted by molar-refractivity contribution is -0.0767. The van der Waals surface area contributed by atoms with Gasteiger partial charge in [-0.1, -0.05) is 19.8 Å². The third-order valence-electron chi connectivity index (χ3n) is 4.50. The van der Waals surface area contributed by atoms with Gasteiger partial charge in [0.1, 0.15) is 0 Å². The molecule has 4 heteroatoms. The normalized spacial score (nSPS) is 28.3. The van der Waals surface area contributed by atoms with Gasteiger partial charge in [0.25, 0.3) is 0 Å². The molecule has 2 unspecified atom stereocenters. The van der Waals surface area contributed by atoms with E-state index in [1.54, 1.807) is 0 Å². The van der Waals surface area contributed by atoms with E-state index in [0.717, 1.165) is 26.1 Å². The van der Waals surface area contributed by atoms with Gasteiger partial charge in [-0.25, -0.2) is 0 Å². The number of ether oxygens (including phenoxy) is 1. The summed E-state index contributed by atoms with van der Waals surface area (Å²) < 4.78 is 5.80. The molecule has 0 radical (unpaired) electrons. The maximum absolute atomic E-state index is 6.21. The summed E-state index contributed by atoms with van der Waals surface area (Å²) >= 11 is 0. The highest BCUT2D eigenvalue weighted by atomic mass is 16.5. The van der Waals surface area contributed by atoms with Gasteiger partial charge in [0.2, 0.25) is 0 Å². The van der Waals surface area contributed by atoms with Gasteiger partial charge < -0.3 is 15.4 Å². The molecule has 1 rings (SSSR count). The molecule has 1 aliphatic rings. The zero-order valence-corrected chi connectivity index (χ0v) is 13.3. The number of likely N-dealkylation sites (N-methyl/N-ethyl adjacent to an activating group) is 1. The van der Waals surface area contributed by atoms with E-state index in [9.17, 15) is 0 Å². The molecular formula is C15H33N3O. The Morgan fingerprint density at radius 1 is 1.21 bits per heavy atom. The van der Waals surface area contributed by atoms with E-state index in [-0.39, 0.29) is 5.54 Å². The van der Waals surface area contributed by atoms with Crippen LogP contribution in [0, 0.1) is 0 Å². The van der Waals surface area contributed by atoms with Gasteiger partial charge in [0.05, 0.1) is 11.6 Å². The molecule has 0 spiro atoms. The molecule has 1 saturated carbocycles. The van der Waals surface area contributed by atoms with Crippen LogP contribution in [0.4, 0.5) is 0 Å². The van der Waals surface area contributed by atoms with E-state index in [0.29, 0.717) is 12.6 Å². The van der Waals surface area contributed by atoms with Crippen LogP contribution in [0.15, 0.2) is 0 Å². The van der Waals surface area contributed by atoms with Gasteiger partial charge in [-0.15, -0.1) is 0 Å². The van der Waals surface area contributed by atoms with Gasteiger partial charge in [0, 0.05) is 26.7 Å². The highest BCUT2D eigenvalue weighted by Gasteiger charge is 2.44. The molecule has 2 atom stereocenters. The second-order valence-electron chi connectivity index (χ2n) is 6.07. The Balaban J connectivity index is 2.84. The van der Waals surface area contributed by atoms with Gasteiger partial charge >= 0.3 is 0 Å². The van der Waals surface area contributed by atoms with E-state index in [4.69, 9.17) is 10.5 Å². The number of rotatable bonds is 8. The first-order valence-electron chi connectivity index (χ1n) is 7.73. The molecule has 0 aliphatic heterocycles. The molecule has 1 aliphatic carbocycles. The molecule has 19 heavy (non-hydrogen) atoms. The van der Waals surface area contributed by atoms with Crippen LogP contribution in [0.25, 0.3) is 0 Å². The van der Waals surface area contributed by atoms with Crippen molar-refractivity contribution in [3.63, 3.8) is 0 Å². The van der Waals surface area contributed by atoms with Crippen LogP contribution in [0.2, 0.25) is 0 Å². The van der Waals surface area contributed by atoms with Crippen LogP contribution < -0.4 is 5.73 Å². The summed E-state index contributed by atoms with van der Waals surface area (Å²) in [5.74, 6) is 0. The molecular weight excluding hydrogens is 238 g/mol. The average molecular weight is 271 g/mol. The summed E-state index contributed by atoms with van der Waals surface area (Å²) in [6.07, 6.45) is 6.34. The summed E-state index contributed by atoms with van der Waals surface area (Å²) in [7, 11) is 6.11. The lowest BCUT2D eigenvalue weighted by Gasteiger charge is -2.50. The number of methoxy groups -OCH3 is 1. The predicted molar refractivity (Wildman–Crippen MR) is 81.5 cm³/mol. The summed E-state index contributed by atoms with van der Waals surface area (Å²) in [6.45, 7) is 6.23. The number of hydrogen-bond donors (Lipinski definition) is 1. The fraction of sp³-hybridized carbons (Fsp3) is 1.00. The molecule has 4 nitrogen and oxygen atoms in total. The van der Waals surface area contributed by atoms with Crippen LogP contribution in [0.3, 0.4) is 0 Å². The smallest absolute Gasteiger partial charge is 0.0767 e. The molecule has 114 valence electrons. The number of nitrogens with zero attached hydrogens (tertiary/aromatic N) is 2. The monoisotopic (exact) mass is 271 g/mol. The molecule has 0 bridgehead atoms. The van der Waals surface area contributed by atoms with Gasteiger partial charge in [-0.3, -0.25) is 4.90 Å². The summed E-state index contributed by atoms with van der Waals surface area (Å²) in [4.78, 5) is 4.85. The minimum Gasteiger partial charge on any atom is -0.379 e. The van der Waals surface area contributed by atoms with Gasteiger partial charge in [0.15, 0.2) is 0 Å². The second-order valence-corrected chi connectivity index (χ2v) is 6.07. The van der Waals surface area contributed by atoms with Crippen molar-refractivity contribution in [2.24, 2.45) is 5.73 Å². The molecule has 0 aromatic rings. The van der Waals surface area contributed by atoms with Gasteiger partial charge in [-0.05, 0) is 39.9 Å². The van der Waals surface area contributed by atoms with Crippen molar-refractivity contribution in [3.05, 3.63) is 0 Å². The first kappa shape index (κ1) is 16.9. The van der Waals surface area contributed by atoms with E-state index in [1.807, 2.05) is 7.11 Å². The molecule has 0 amide bonds. The zero-order valence-electron chi connectivity index (χ0n) is 13.3. The molecule has 2 N–H and O–H groups in total. The van der Waals surface area contributed by atoms with E-state index >= 15 is 0 Å². The summed E-state index contributed by atoms with van der Waals surface area (Å²) in [5.41, 5.74) is 6.26. The minimum absolute atomic E-state index is 0.0546. The summed E-state index contributed by atoms with van der Waals surface area (Å²) in [5, 5.41) is 0. The molecule has 0 heterocycles. The van der Waals surface area contributed by atoms with E-state index in [2.05, 4.69) is 30.8 Å². The van der Waals surface area contributed by atoms with Crippen LogP contribution in [-0.4, -0.2) is 68.8 Å². The Labute approximate surface area is 119 Å². The lowest BCUT2D eigenvalue weighted by atomic mass is 9.77. The third-order valence-corrected chi connectivity index (χ3v) is 4.50. The van der Waals surface area contributed by atoms with Crippen molar-refractivity contribution in [2.45, 2.75) is 50.7 Å². The number of nitrogens with two attached hydrogens (primary N) is 1. The molecule has 0 aromatic heterocycles. The first-order valence-corrected chi connectivity index (χ1v) is 7.73. The average Bonchev–Trinajstić information content (AvgIpc) is 2.42. The van der Waals surface area contributed by atoms with Crippen molar-refractivity contribution in [1.29, 1.82) is 0 Å². The predicted octanol–water partition coefficient (Wildman–Crippen LogP) is 1.55. The van der Waals surface area contributed by atoms with E-state index in [1.165, 1.54) is 25.7 Å². The second kappa shape index (κ2) is 8.20. The Bertz CT molecular complexity index is 248. The fourth-order valence-electron chi connectivity index (χ4n) is 3.40. The number of hydrogen-bond acceptors (Lipinski definition) is 4. The van der Waals surface area contributed by atoms with Crippen LogP contribution in [0.5, 0.6) is 0 Å². The molecule has 0 aromatic carbocycles. The minimum atomic E-state index is 0.0546. The SMILES string of the molecule is CCCN(CCN(C)C)C1(CN)CCCCC1OC. The Kier molecular flexibility index (Phi) is 7.29.